The summed E-state index contributed by atoms with van der Waals surface area (Å²) in [6, 6.07) is 10.3. The smallest absolute Gasteiger partial charge is 0.252 e. The van der Waals surface area contributed by atoms with Gasteiger partial charge in [-0.1, -0.05) is 43.6 Å². The van der Waals surface area contributed by atoms with Gasteiger partial charge >= 0.3 is 0 Å². The molecule has 0 saturated heterocycles. The van der Waals surface area contributed by atoms with Crippen molar-refractivity contribution in [2.75, 3.05) is 11.9 Å². The Balaban J connectivity index is 2.38. The minimum absolute atomic E-state index is 0.0792. The summed E-state index contributed by atoms with van der Waals surface area (Å²) in [5.41, 5.74) is 7.37. The number of primary amides is 1. The fraction of sp³-hybridized carbons (Fsp3) is 0.235. The quantitative estimate of drug-likeness (QED) is 0.783. The van der Waals surface area contributed by atoms with Crippen LogP contribution in [0.3, 0.4) is 0 Å². The predicted molar refractivity (Wildman–Crippen MR) is 90.4 cm³/mol. The number of halogens is 1. The van der Waals surface area contributed by atoms with Crippen LogP contribution in [0.4, 0.5) is 5.69 Å². The first-order chi connectivity index (χ1) is 10.4. The molecule has 0 aromatic heterocycles. The fourth-order valence-corrected chi connectivity index (χ4v) is 2.41. The van der Waals surface area contributed by atoms with Crippen LogP contribution in [0.1, 0.15) is 24.2 Å². The van der Waals surface area contributed by atoms with Gasteiger partial charge in [0, 0.05) is 23.4 Å². The normalized spacial score (nSPS) is 10.7. The molecule has 0 unspecified atom stereocenters. The number of carbonyl (C=O) groups excluding carboxylic acids is 1. The zero-order valence-electron chi connectivity index (χ0n) is 12.6. The molecular formula is C17H19ClN2O2. The monoisotopic (exact) mass is 318 g/mol. The van der Waals surface area contributed by atoms with Gasteiger partial charge < -0.3 is 16.2 Å². The third-order valence-corrected chi connectivity index (χ3v) is 3.59. The van der Waals surface area contributed by atoms with Gasteiger partial charge in [0.05, 0.1) is 10.6 Å². The lowest BCUT2D eigenvalue weighted by atomic mass is 10.0. The van der Waals surface area contributed by atoms with Crippen molar-refractivity contribution in [3.8, 4) is 16.9 Å². The van der Waals surface area contributed by atoms with Crippen molar-refractivity contribution in [1.82, 2.24) is 0 Å². The number of aromatic hydroxyl groups is 1. The van der Waals surface area contributed by atoms with Crippen molar-refractivity contribution in [1.29, 1.82) is 0 Å². The number of phenols is 1. The Bertz CT molecular complexity index is 699. The third kappa shape index (κ3) is 3.52. The summed E-state index contributed by atoms with van der Waals surface area (Å²) < 4.78 is 0. The number of hydrogen-bond acceptors (Lipinski definition) is 3. The highest BCUT2D eigenvalue weighted by atomic mass is 35.5. The Labute approximate surface area is 134 Å². The molecule has 0 aliphatic heterocycles. The van der Waals surface area contributed by atoms with Crippen LogP contribution in [-0.4, -0.2) is 17.6 Å². The lowest BCUT2D eigenvalue weighted by Gasteiger charge is -2.13. The average molecular weight is 319 g/mol. The molecule has 0 aliphatic rings. The van der Waals surface area contributed by atoms with Crippen molar-refractivity contribution in [3.63, 3.8) is 0 Å². The van der Waals surface area contributed by atoms with Crippen LogP contribution in [0, 0.1) is 5.92 Å². The van der Waals surface area contributed by atoms with Gasteiger partial charge in [-0.2, -0.15) is 0 Å². The number of rotatable bonds is 5. The van der Waals surface area contributed by atoms with E-state index >= 15 is 0 Å². The standard InChI is InChI=1S/C17H19ClN2O2/c1-10(2)9-20-11-6-7-12(15(18)8-11)13-4-3-5-14(16(13)21)17(19)22/h3-8,10,20-21H,9H2,1-2H3,(H2,19,22). The largest absolute Gasteiger partial charge is 0.506 e. The predicted octanol–water partition coefficient (Wildman–Crippen LogP) is 3.88. The number of nitrogens with one attached hydrogen (secondary N) is 1. The number of benzene rings is 2. The molecule has 0 saturated carbocycles. The number of hydrogen-bond donors (Lipinski definition) is 3. The number of anilines is 1. The van der Waals surface area contributed by atoms with Crippen LogP contribution in [0.25, 0.3) is 11.1 Å². The highest BCUT2D eigenvalue weighted by molar-refractivity contribution is 6.33. The van der Waals surface area contributed by atoms with Crippen LogP contribution in [-0.2, 0) is 0 Å². The van der Waals surface area contributed by atoms with E-state index in [-0.39, 0.29) is 11.3 Å². The SMILES string of the molecule is CC(C)CNc1ccc(-c2cccc(C(N)=O)c2O)c(Cl)c1. The molecule has 0 aliphatic carbocycles. The number of nitrogens with two attached hydrogens (primary N) is 1. The summed E-state index contributed by atoms with van der Waals surface area (Å²) >= 11 is 6.32. The summed E-state index contributed by atoms with van der Waals surface area (Å²) in [6.45, 7) is 5.09. The number of amides is 1. The van der Waals surface area contributed by atoms with Gasteiger partial charge in [0.15, 0.2) is 0 Å². The topological polar surface area (TPSA) is 75.3 Å². The Hall–Kier alpha value is -2.20. The van der Waals surface area contributed by atoms with E-state index in [1.54, 1.807) is 18.2 Å². The summed E-state index contributed by atoms with van der Waals surface area (Å²) in [5.74, 6) is -0.305. The maximum Gasteiger partial charge on any atom is 0.252 e. The van der Waals surface area contributed by atoms with Gasteiger partial charge in [0.1, 0.15) is 5.75 Å². The van der Waals surface area contributed by atoms with E-state index in [9.17, 15) is 9.90 Å². The maximum absolute atomic E-state index is 11.3. The van der Waals surface area contributed by atoms with Crippen LogP contribution in [0.5, 0.6) is 5.75 Å². The zero-order valence-corrected chi connectivity index (χ0v) is 13.3. The van der Waals surface area contributed by atoms with E-state index in [0.717, 1.165) is 12.2 Å². The molecule has 116 valence electrons. The molecule has 0 spiro atoms. The number of carbonyl (C=O) groups is 1. The molecule has 4 nitrogen and oxygen atoms in total. The molecular weight excluding hydrogens is 300 g/mol. The molecule has 2 aromatic rings. The van der Waals surface area contributed by atoms with Crippen molar-refractivity contribution >= 4 is 23.2 Å². The van der Waals surface area contributed by atoms with Gasteiger partial charge in [-0.05, 0) is 24.1 Å². The van der Waals surface area contributed by atoms with Crippen molar-refractivity contribution < 1.29 is 9.90 Å². The van der Waals surface area contributed by atoms with Gasteiger partial charge in [0.25, 0.3) is 5.91 Å². The van der Waals surface area contributed by atoms with E-state index in [1.807, 2.05) is 12.1 Å². The minimum atomic E-state index is -0.675. The van der Waals surface area contributed by atoms with Crippen molar-refractivity contribution in [3.05, 3.63) is 47.0 Å². The van der Waals surface area contributed by atoms with Crippen LogP contribution in [0.15, 0.2) is 36.4 Å². The Morgan fingerprint density at radius 1 is 1.27 bits per heavy atom. The van der Waals surface area contributed by atoms with Crippen molar-refractivity contribution in [2.45, 2.75) is 13.8 Å². The number of para-hydroxylation sites is 1. The van der Waals surface area contributed by atoms with E-state index in [2.05, 4.69) is 19.2 Å². The molecule has 1 amide bonds. The molecule has 0 fully saturated rings. The summed E-state index contributed by atoms with van der Waals surface area (Å²) in [4.78, 5) is 11.3. The molecule has 22 heavy (non-hydrogen) atoms. The summed E-state index contributed by atoms with van der Waals surface area (Å²) in [5, 5.41) is 14.0. The Morgan fingerprint density at radius 3 is 2.59 bits per heavy atom. The lowest BCUT2D eigenvalue weighted by Crippen LogP contribution is -2.11. The minimum Gasteiger partial charge on any atom is -0.506 e. The highest BCUT2D eigenvalue weighted by Gasteiger charge is 2.15. The summed E-state index contributed by atoms with van der Waals surface area (Å²) in [7, 11) is 0. The third-order valence-electron chi connectivity index (χ3n) is 3.28. The molecule has 4 N–H and O–H groups in total. The van der Waals surface area contributed by atoms with E-state index in [4.69, 9.17) is 17.3 Å². The molecule has 5 heteroatoms. The zero-order chi connectivity index (χ0) is 16.3. The van der Waals surface area contributed by atoms with E-state index < -0.39 is 5.91 Å². The Kier molecular flexibility index (Phi) is 4.93. The van der Waals surface area contributed by atoms with Crippen molar-refractivity contribution in [2.24, 2.45) is 11.7 Å². The molecule has 2 rings (SSSR count). The van der Waals surface area contributed by atoms with Gasteiger partial charge in [-0.15, -0.1) is 0 Å². The van der Waals surface area contributed by atoms with Gasteiger partial charge in [-0.25, -0.2) is 0 Å². The lowest BCUT2D eigenvalue weighted by molar-refractivity contribution is 0.0998. The van der Waals surface area contributed by atoms with Crippen LogP contribution >= 0.6 is 11.6 Å². The van der Waals surface area contributed by atoms with E-state index in [1.165, 1.54) is 6.07 Å². The first-order valence-corrected chi connectivity index (χ1v) is 7.43. The first-order valence-electron chi connectivity index (χ1n) is 7.05. The molecule has 0 heterocycles. The van der Waals surface area contributed by atoms with Gasteiger partial charge in [-0.3, -0.25) is 4.79 Å². The molecule has 0 atom stereocenters. The highest BCUT2D eigenvalue weighted by Crippen LogP contribution is 2.37. The van der Waals surface area contributed by atoms with Crippen LogP contribution in [0.2, 0.25) is 5.02 Å². The maximum atomic E-state index is 11.3. The molecule has 0 radical (unpaired) electrons. The molecule has 0 bridgehead atoms. The van der Waals surface area contributed by atoms with E-state index in [0.29, 0.717) is 22.1 Å². The fourth-order valence-electron chi connectivity index (χ4n) is 2.13. The Morgan fingerprint density at radius 2 is 2.00 bits per heavy atom. The second kappa shape index (κ2) is 6.71. The average Bonchev–Trinajstić information content (AvgIpc) is 2.45. The van der Waals surface area contributed by atoms with Crippen LogP contribution < -0.4 is 11.1 Å². The second-order valence-electron chi connectivity index (χ2n) is 5.54. The molecule has 2 aromatic carbocycles. The van der Waals surface area contributed by atoms with Gasteiger partial charge in [0.2, 0.25) is 0 Å². The second-order valence-corrected chi connectivity index (χ2v) is 5.94. The summed E-state index contributed by atoms with van der Waals surface area (Å²) in [6.07, 6.45) is 0. The first kappa shape index (κ1) is 16.2.